The van der Waals surface area contributed by atoms with Crippen molar-refractivity contribution in [1.29, 1.82) is 0 Å². The van der Waals surface area contributed by atoms with Gasteiger partial charge < -0.3 is 20.1 Å². The van der Waals surface area contributed by atoms with E-state index in [-0.39, 0.29) is 22.3 Å². The molecule has 0 spiro atoms. The fourth-order valence-electron chi connectivity index (χ4n) is 2.83. The summed E-state index contributed by atoms with van der Waals surface area (Å²) in [7, 11) is -1.51. The Morgan fingerprint density at radius 2 is 1.66 bits per heavy atom. The van der Waals surface area contributed by atoms with Crippen molar-refractivity contribution >= 4 is 45.0 Å². The van der Waals surface area contributed by atoms with E-state index in [4.69, 9.17) is 16.3 Å². The van der Waals surface area contributed by atoms with Crippen molar-refractivity contribution in [2.24, 2.45) is 5.92 Å². The molecule has 1 unspecified atom stereocenters. The number of carbonyl (C=O) groups excluding carboxylic acids is 2. The summed E-state index contributed by atoms with van der Waals surface area (Å²) >= 11 is 5.84. The molecule has 0 bridgehead atoms. The summed E-state index contributed by atoms with van der Waals surface area (Å²) < 4.78 is 38.1. The third kappa shape index (κ3) is 7.03. The first-order valence-electron chi connectivity index (χ1n) is 9.67. The van der Waals surface area contributed by atoms with Crippen LogP contribution in [-0.2, 0) is 19.6 Å². The molecule has 0 aliphatic heterocycles. The van der Waals surface area contributed by atoms with Crippen LogP contribution >= 0.6 is 11.6 Å². The fraction of sp³-hybridized carbons (Fsp3) is 0.333. The Kier molecular flexibility index (Phi) is 8.73. The first kappa shape index (κ1) is 25.3. The maximum atomic E-state index is 13.0. The van der Waals surface area contributed by atoms with Gasteiger partial charge in [0.25, 0.3) is 10.0 Å². The number of ether oxygens (including phenoxy) is 2. The average Bonchev–Trinajstić information content (AvgIpc) is 2.74. The highest BCUT2D eigenvalue weighted by molar-refractivity contribution is 7.92. The highest BCUT2D eigenvalue weighted by Gasteiger charge is 2.25. The first-order chi connectivity index (χ1) is 15.1. The Labute approximate surface area is 192 Å². The van der Waals surface area contributed by atoms with Crippen LogP contribution in [0, 0.1) is 5.92 Å². The first-order valence-corrected chi connectivity index (χ1v) is 11.5. The Morgan fingerprint density at radius 1 is 1.03 bits per heavy atom. The lowest BCUT2D eigenvalue weighted by Crippen LogP contribution is -2.44. The molecule has 174 valence electrons. The van der Waals surface area contributed by atoms with Crippen LogP contribution in [0.25, 0.3) is 0 Å². The number of carbonyl (C=O) groups is 2. The lowest BCUT2D eigenvalue weighted by molar-refractivity contribution is -0.118. The number of nitrogens with one attached hydrogen (secondary N) is 3. The normalized spacial score (nSPS) is 12.1. The summed E-state index contributed by atoms with van der Waals surface area (Å²) in [6.45, 7) is 3.81. The van der Waals surface area contributed by atoms with Crippen LogP contribution in [0.4, 0.5) is 16.2 Å². The monoisotopic (exact) mass is 483 g/mol. The number of sulfonamides is 1. The largest absolute Gasteiger partial charge is 0.495 e. The van der Waals surface area contributed by atoms with Gasteiger partial charge in [0, 0.05) is 16.4 Å². The van der Waals surface area contributed by atoms with Gasteiger partial charge in [0.1, 0.15) is 16.7 Å². The van der Waals surface area contributed by atoms with Crippen LogP contribution in [0.3, 0.4) is 0 Å². The summed E-state index contributed by atoms with van der Waals surface area (Å²) in [6, 6.07) is 9.49. The van der Waals surface area contributed by atoms with Gasteiger partial charge in [-0.25, -0.2) is 13.2 Å². The van der Waals surface area contributed by atoms with Crippen LogP contribution in [-0.4, -0.2) is 40.7 Å². The number of anilines is 2. The smallest absolute Gasteiger partial charge is 0.407 e. The highest BCUT2D eigenvalue weighted by Crippen LogP contribution is 2.29. The van der Waals surface area contributed by atoms with Gasteiger partial charge in [-0.3, -0.25) is 9.52 Å². The minimum atomic E-state index is -4.05. The SMILES string of the molecule is COC(=O)NC(CC(C)C)C(=O)Nc1ccc(OC)c(S(=O)(=O)Nc2ccc(Cl)cc2)c1. The van der Waals surface area contributed by atoms with E-state index in [0.717, 1.165) is 0 Å². The van der Waals surface area contributed by atoms with Crippen LogP contribution in [0.1, 0.15) is 20.3 Å². The van der Waals surface area contributed by atoms with Crippen molar-refractivity contribution < 1.29 is 27.5 Å². The van der Waals surface area contributed by atoms with Gasteiger partial charge in [0.15, 0.2) is 0 Å². The molecule has 2 aromatic carbocycles. The molecule has 2 amide bonds. The lowest BCUT2D eigenvalue weighted by Gasteiger charge is -2.20. The van der Waals surface area contributed by atoms with E-state index in [0.29, 0.717) is 17.1 Å². The number of rotatable bonds is 9. The summed E-state index contributed by atoms with van der Waals surface area (Å²) in [5.74, 6) is -0.308. The van der Waals surface area contributed by atoms with Crippen molar-refractivity contribution in [2.45, 2.75) is 31.2 Å². The standard InChI is InChI=1S/C21H26ClN3O6S/c1-13(2)11-17(24-21(27)31-4)20(26)23-16-9-10-18(30-3)19(12-16)32(28,29)25-15-7-5-14(22)6-8-15/h5-10,12-13,17,25H,11H2,1-4H3,(H,23,26)(H,24,27). The average molecular weight is 484 g/mol. The molecule has 0 aromatic heterocycles. The molecular weight excluding hydrogens is 458 g/mol. The highest BCUT2D eigenvalue weighted by atomic mass is 35.5. The predicted octanol–water partition coefficient (Wildman–Crippen LogP) is 3.86. The van der Waals surface area contributed by atoms with E-state index < -0.39 is 28.1 Å². The molecule has 0 saturated carbocycles. The van der Waals surface area contributed by atoms with E-state index in [2.05, 4.69) is 20.1 Å². The molecule has 2 aromatic rings. The summed E-state index contributed by atoms with van der Waals surface area (Å²) in [5.41, 5.74) is 0.526. The Balaban J connectivity index is 2.30. The second kappa shape index (κ2) is 11.1. The van der Waals surface area contributed by atoms with E-state index in [1.165, 1.54) is 44.6 Å². The minimum Gasteiger partial charge on any atom is -0.495 e. The van der Waals surface area contributed by atoms with Crippen LogP contribution < -0.4 is 20.1 Å². The maximum absolute atomic E-state index is 13.0. The number of hydrogen-bond acceptors (Lipinski definition) is 6. The molecule has 0 fully saturated rings. The van der Waals surface area contributed by atoms with Crippen molar-refractivity contribution in [3.63, 3.8) is 0 Å². The van der Waals surface area contributed by atoms with Crippen molar-refractivity contribution in [1.82, 2.24) is 5.32 Å². The van der Waals surface area contributed by atoms with Gasteiger partial charge in [-0.1, -0.05) is 25.4 Å². The fourth-order valence-corrected chi connectivity index (χ4v) is 4.21. The molecule has 0 aliphatic rings. The van der Waals surface area contributed by atoms with Gasteiger partial charge in [-0.2, -0.15) is 0 Å². The lowest BCUT2D eigenvalue weighted by atomic mass is 10.0. The molecule has 1 atom stereocenters. The van der Waals surface area contributed by atoms with E-state index in [1.54, 1.807) is 12.1 Å². The quantitative estimate of drug-likeness (QED) is 0.497. The number of hydrogen-bond donors (Lipinski definition) is 3. The molecule has 0 aliphatic carbocycles. The second-order valence-corrected chi connectivity index (χ2v) is 9.37. The number of benzene rings is 2. The van der Waals surface area contributed by atoms with Crippen LogP contribution in [0.15, 0.2) is 47.4 Å². The Hall–Kier alpha value is -2.98. The maximum Gasteiger partial charge on any atom is 0.407 e. The molecular formula is C21H26ClN3O6S. The topological polar surface area (TPSA) is 123 Å². The summed E-state index contributed by atoms with van der Waals surface area (Å²) in [6.07, 6.45) is -0.378. The molecule has 3 N–H and O–H groups in total. The molecule has 0 heterocycles. The Bertz CT molecular complexity index is 1060. The number of amides is 2. The number of methoxy groups -OCH3 is 2. The van der Waals surface area contributed by atoms with Gasteiger partial charge in [-0.15, -0.1) is 0 Å². The Morgan fingerprint density at radius 3 is 2.22 bits per heavy atom. The van der Waals surface area contributed by atoms with Crippen molar-refractivity contribution in [3.8, 4) is 5.75 Å². The third-order valence-corrected chi connectivity index (χ3v) is 5.97. The molecule has 9 nitrogen and oxygen atoms in total. The molecule has 2 rings (SSSR count). The molecule has 0 radical (unpaired) electrons. The minimum absolute atomic E-state index is 0.0934. The van der Waals surface area contributed by atoms with Gasteiger partial charge >= 0.3 is 6.09 Å². The molecule has 32 heavy (non-hydrogen) atoms. The summed E-state index contributed by atoms with van der Waals surface area (Å²) in [5, 5.41) is 5.59. The van der Waals surface area contributed by atoms with Crippen LogP contribution in [0.2, 0.25) is 5.02 Å². The van der Waals surface area contributed by atoms with Gasteiger partial charge in [0.05, 0.1) is 14.2 Å². The number of alkyl carbamates (subject to hydrolysis) is 1. The van der Waals surface area contributed by atoms with Crippen molar-refractivity contribution in [2.75, 3.05) is 24.3 Å². The molecule has 0 saturated heterocycles. The third-order valence-electron chi connectivity index (χ3n) is 4.32. The van der Waals surface area contributed by atoms with Gasteiger partial charge in [0.2, 0.25) is 5.91 Å². The van der Waals surface area contributed by atoms with E-state index in [9.17, 15) is 18.0 Å². The zero-order valence-corrected chi connectivity index (χ0v) is 19.7. The van der Waals surface area contributed by atoms with Gasteiger partial charge in [-0.05, 0) is 54.8 Å². The predicted molar refractivity (Wildman–Crippen MR) is 123 cm³/mol. The summed E-state index contributed by atoms with van der Waals surface area (Å²) in [4.78, 5) is 24.2. The molecule has 11 heteroatoms. The van der Waals surface area contributed by atoms with E-state index in [1.807, 2.05) is 13.8 Å². The van der Waals surface area contributed by atoms with E-state index >= 15 is 0 Å². The number of halogens is 1. The van der Waals surface area contributed by atoms with Crippen LogP contribution in [0.5, 0.6) is 5.75 Å². The second-order valence-electron chi connectivity index (χ2n) is 7.29. The zero-order valence-electron chi connectivity index (χ0n) is 18.1. The van der Waals surface area contributed by atoms with Crippen molar-refractivity contribution in [3.05, 3.63) is 47.5 Å². The zero-order chi connectivity index (χ0) is 23.9.